The predicted octanol–water partition coefficient (Wildman–Crippen LogP) is 5.01. The Labute approximate surface area is 219 Å². The third kappa shape index (κ3) is 6.76. The van der Waals surface area contributed by atoms with Gasteiger partial charge in [0.2, 0.25) is 5.95 Å². The Morgan fingerprint density at radius 2 is 1.91 bits per heavy atom. The van der Waals surface area contributed by atoms with Crippen LogP contribution in [0.1, 0.15) is 24.1 Å². The number of anilines is 3. The quantitative estimate of drug-likeness (QED) is 0.311. The number of aromatic amines is 1. The van der Waals surface area contributed by atoms with Crippen LogP contribution in [0.4, 0.5) is 17.5 Å². The number of benzene rings is 1. The van der Waals surface area contributed by atoms with Gasteiger partial charge < -0.3 is 20.9 Å². The molecule has 3 aromatic rings. The van der Waals surface area contributed by atoms with Crippen LogP contribution in [-0.2, 0) is 6.54 Å². The molecule has 0 aliphatic carbocycles. The minimum atomic E-state index is -0.317. The normalized spacial score (nSPS) is 13.4. The first-order valence-electron chi connectivity index (χ1n) is 10.3. The molecule has 1 aliphatic heterocycles. The highest BCUT2D eigenvalue weighted by atomic mass is 35.5. The summed E-state index contributed by atoms with van der Waals surface area (Å²) in [5.41, 5.74) is 1.18. The molecule has 0 unspecified atom stereocenters. The van der Waals surface area contributed by atoms with Gasteiger partial charge in [-0.25, -0.2) is 9.97 Å². The first-order valence-corrected chi connectivity index (χ1v) is 11.0. The highest BCUT2D eigenvalue weighted by molar-refractivity contribution is 6.42. The maximum atomic E-state index is 12.7. The zero-order valence-corrected chi connectivity index (χ0v) is 21.2. The van der Waals surface area contributed by atoms with Gasteiger partial charge in [0.05, 0.1) is 10.0 Å². The lowest BCUT2D eigenvalue weighted by Crippen LogP contribution is -2.40. The smallest absolute Gasteiger partial charge is 0.276 e. The summed E-state index contributed by atoms with van der Waals surface area (Å²) in [4.78, 5) is 26.5. The molecular weight excluding hydrogens is 520 g/mol. The Hall–Kier alpha value is -2.52. The van der Waals surface area contributed by atoms with E-state index >= 15 is 0 Å². The molecule has 34 heavy (non-hydrogen) atoms. The number of piperidine rings is 1. The Kier molecular flexibility index (Phi) is 10.4. The van der Waals surface area contributed by atoms with E-state index < -0.39 is 0 Å². The van der Waals surface area contributed by atoms with Crippen molar-refractivity contribution in [3.63, 3.8) is 0 Å². The van der Waals surface area contributed by atoms with Crippen molar-refractivity contribution in [2.75, 3.05) is 28.6 Å². The van der Waals surface area contributed by atoms with E-state index in [0.717, 1.165) is 43.5 Å². The lowest BCUT2D eigenvalue weighted by molar-refractivity contribution is 0.523. The molecule has 182 valence electrons. The molecule has 1 saturated heterocycles. The number of nitrogens with zero attached hydrogens (tertiary/aromatic N) is 3. The number of hydrogen-bond acceptors (Lipinski definition) is 7. The van der Waals surface area contributed by atoms with E-state index in [0.29, 0.717) is 22.3 Å². The molecule has 4 rings (SSSR count). The monoisotopic (exact) mass is 543 g/mol. The minimum absolute atomic E-state index is 0. The van der Waals surface area contributed by atoms with Crippen molar-refractivity contribution in [3.8, 4) is 0 Å². The van der Waals surface area contributed by atoms with Gasteiger partial charge in [-0.15, -0.1) is 24.8 Å². The van der Waals surface area contributed by atoms with Gasteiger partial charge in [-0.05, 0) is 42.7 Å². The van der Waals surface area contributed by atoms with Crippen LogP contribution in [0.3, 0.4) is 0 Å². The summed E-state index contributed by atoms with van der Waals surface area (Å²) in [5.74, 6) is 1.25. The zero-order valence-electron chi connectivity index (χ0n) is 18.1. The summed E-state index contributed by atoms with van der Waals surface area (Å²) < 4.78 is 0. The van der Waals surface area contributed by atoms with Crippen molar-refractivity contribution >= 4 is 71.7 Å². The van der Waals surface area contributed by atoms with E-state index in [1.807, 2.05) is 24.3 Å². The summed E-state index contributed by atoms with van der Waals surface area (Å²) in [6.45, 7) is 2.07. The van der Waals surface area contributed by atoms with Gasteiger partial charge in [0.15, 0.2) is 0 Å². The van der Waals surface area contributed by atoms with E-state index in [9.17, 15) is 4.79 Å². The lowest BCUT2D eigenvalue weighted by atomic mass is 10.0. The highest BCUT2D eigenvalue weighted by Crippen LogP contribution is 2.23. The molecule has 12 heteroatoms. The second-order valence-corrected chi connectivity index (χ2v) is 8.33. The van der Waals surface area contributed by atoms with Crippen molar-refractivity contribution in [2.24, 2.45) is 0 Å². The zero-order chi connectivity index (χ0) is 22.5. The van der Waals surface area contributed by atoms with Crippen molar-refractivity contribution in [2.45, 2.75) is 25.4 Å². The molecule has 0 atom stereocenters. The summed E-state index contributed by atoms with van der Waals surface area (Å²) in [6, 6.07) is 11.3. The molecule has 1 aliphatic rings. The van der Waals surface area contributed by atoms with Crippen LogP contribution in [0, 0.1) is 5.41 Å². The molecule has 1 aromatic carbocycles. The summed E-state index contributed by atoms with van der Waals surface area (Å²) in [6.07, 6.45) is 4.58. The fourth-order valence-corrected chi connectivity index (χ4v) is 3.97. The Morgan fingerprint density at radius 1 is 1.15 bits per heavy atom. The number of rotatable bonds is 7. The van der Waals surface area contributed by atoms with Gasteiger partial charge in [-0.2, -0.15) is 0 Å². The predicted molar refractivity (Wildman–Crippen MR) is 144 cm³/mol. The first-order chi connectivity index (χ1) is 15.5. The van der Waals surface area contributed by atoms with Crippen molar-refractivity contribution in [1.29, 1.82) is 5.41 Å². The molecule has 8 nitrogen and oxygen atoms in total. The number of H-pyrrole nitrogens is 1. The van der Waals surface area contributed by atoms with Crippen LogP contribution in [0.25, 0.3) is 0 Å². The molecular formula is C22H25Cl4N7O. The van der Waals surface area contributed by atoms with Crippen molar-refractivity contribution < 1.29 is 0 Å². The summed E-state index contributed by atoms with van der Waals surface area (Å²) in [5, 5.41) is 15.0. The van der Waals surface area contributed by atoms with Gasteiger partial charge in [0, 0.05) is 38.1 Å². The first kappa shape index (κ1) is 27.7. The molecule has 1 fully saturated rings. The van der Waals surface area contributed by atoms with Crippen LogP contribution in [-0.4, -0.2) is 40.3 Å². The Balaban J connectivity index is 0.00000204. The average molecular weight is 545 g/mol. The number of nitrogens with one attached hydrogen (secondary N) is 4. The van der Waals surface area contributed by atoms with E-state index in [1.165, 1.54) is 0 Å². The molecule has 0 radical (unpaired) electrons. The van der Waals surface area contributed by atoms with Gasteiger partial charge in [-0.1, -0.05) is 35.3 Å². The topological polar surface area (TPSA) is 110 Å². The molecule has 2 aromatic heterocycles. The number of pyridine rings is 1. The van der Waals surface area contributed by atoms with Crippen LogP contribution < -0.4 is 21.1 Å². The van der Waals surface area contributed by atoms with Gasteiger partial charge in [0.1, 0.15) is 17.2 Å². The number of hydrogen-bond donors (Lipinski definition) is 4. The summed E-state index contributed by atoms with van der Waals surface area (Å²) in [7, 11) is 0. The maximum Gasteiger partial charge on any atom is 0.276 e. The van der Waals surface area contributed by atoms with Crippen LogP contribution >= 0.6 is 48.0 Å². The maximum absolute atomic E-state index is 12.7. The van der Waals surface area contributed by atoms with Gasteiger partial charge in [0.25, 0.3) is 5.56 Å². The second-order valence-electron chi connectivity index (χ2n) is 7.51. The molecule has 0 saturated carbocycles. The average Bonchev–Trinajstić information content (AvgIpc) is 2.82. The Bertz CT molecular complexity index is 1150. The number of aromatic nitrogens is 3. The molecule has 0 spiro atoms. The highest BCUT2D eigenvalue weighted by Gasteiger charge is 2.22. The third-order valence-corrected chi connectivity index (χ3v) is 6.08. The largest absolute Gasteiger partial charge is 0.376 e. The molecule has 4 N–H and O–H groups in total. The van der Waals surface area contributed by atoms with Gasteiger partial charge >= 0.3 is 0 Å². The standard InChI is InChI=1S/C22H23Cl2N7O.2ClH/c23-16-5-4-14(11-17(16)24)13-27-22-29-18(12-25)20(21(32)30-22)28-15-6-9-31(10-7-15)19-3-1-2-8-26-19;;/h1-5,8,11-12,15,25,28H,6-7,9-10,13H2,(H2,27,29,30,32);2*1H. The van der Waals surface area contributed by atoms with E-state index in [1.54, 1.807) is 18.3 Å². The van der Waals surface area contributed by atoms with Crippen molar-refractivity contribution in [1.82, 2.24) is 15.0 Å². The van der Waals surface area contributed by atoms with E-state index in [2.05, 4.69) is 30.5 Å². The fourth-order valence-electron chi connectivity index (χ4n) is 3.65. The number of halogens is 4. The third-order valence-electron chi connectivity index (χ3n) is 5.34. The molecule has 0 bridgehead atoms. The second kappa shape index (κ2) is 12.8. The minimum Gasteiger partial charge on any atom is -0.376 e. The fraction of sp³-hybridized carbons (Fsp3) is 0.273. The van der Waals surface area contributed by atoms with Gasteiger partial charge in [-0.3, -0.25) is 9.78 Å². The molecule has 0 amide bonds. The van der Waals surface area contributed by atoms with E-state index in [4.69, 9.17) is 28.6 Å². The molecule has 3 heterocycles. The lowest BCUT2D eigenvalue weighted by Gasteiger charge is -2.33. The summed E-state index contributed by atoms with van der Waals surface area (Å²) >= 11 is 12.0. The van der Waals surface area contributed by atoms with Crippen LogP contribution in [0.5, 0.6) is 0 Å². The Morgan fingerprint density at radius 3 is 2.56 bits per heavy atom. The van der Waals surface area contributed by atoms with E-state index in [-0.39, 0.29) is 48.1 Å². The SMILES string of the molecule is Cl.Cl.N=Cc1nc(NCc2ccc(Cl)c(Cl)c2)[nH]c(=O)c1NC1CCN(c2ccccn2)CC1. The van der Waals surface area contributed by atoms with Crippen LogP contribution in [0.15, 0.2) is 47.4 Å². The van der Waals surface area contributed by atoms with Crippen molar-refractivity contribution in [3.05, 3.63) is 74.3 Å². The van der Waals surface area contributed by atoms with Crippen LogP contribution in [0.2, 0.25) is 10.0 Å².